The topological polar surface area (TPSA) is 189 Å². The summed E-state index contributed by atoms with van der Waals surface area (Å²) in [6.07, 6.45) is 1.28. The van der Waals surface area contributed by atoms with E-state index < -0.39 is 14.2 Å². The molecule has 15 nitrogen and oxygen atoms in total. The fraction of sp³-hybridized carbons (Fsp3) is 0.600. The molecule has 0 bridgehead atoms. The molecule has 4 rings (SSSR count). The molecule has 63 heavy (non-hydrogen) atoms. The number of benzene rings is 2. The number of carbonyl (C=O) groups is 4. The van der Waals surface area contributed by atoms with Crippen molar-refractivity contribution in [2.75, 3.05) is 65.6 Å². The number of hydrogen-bond acceptors (Lipinski definition) is 11. The van der Waals surface area contributed by atoms with Gasteiger partial charge in [0.1, 0.15) is 0 Å². The minimum atomic E-state index is -0.566. The van der Waals surface area contributed by atoms with E-state index in [-0.39, 0.29) is 67.4 Å². The molecule has 0 aromatic heterocycles. The highest BCUT2D eigenvalue weighted by atomic mass is 79.9. The zero-order chi connectivity index (χ0) is 46.8. The summed E-state index contributed by atoms with van der Waals surface area (Å²) in [6.45, 7) is 16.3. The molecule has 0 spiro atoms. The summed E-state index contributed by atoms with van der Waals surface area (Å²) in [5.41, 5.74) is 0.839. The normalized spacial score (nSPS) is 18.5. The molecule has 4 atom stereocenters. The first kappa shape index (κ1) is 56.4. The maximum atomic E-state index is 12.7. The highest BCUT2D eigenvalue weighted by Crippen LogP contribution is 2.32. The zero-order valence-electron chi connectivity index (χ0n) is 36.3. The van der Waals surface area contributed by atoms with E-state index in [4.69, 9.17) is 23.7 Å². The van der Waals surface area contributed by atoms with Gasteiger partial charge in [-0.15, -0.1) is 0 Å². The summed E-state index contributed by atoms with van der Waals surface area (Å²) in [5.74, 6) is -1.34. The van der Waals surface area contributed by atoms with E-state index in [1.165, 1.54) is 0 Å². The van der Waals surface area contributed by atoms with E-state index in [2.05, 4.69) is 155 Å². The van der Waals surface area contributed by atoms with Gasteiger partial charge >= 0.3 is 14.2 Å². The van der Waals surface area contributed by atoms with Gasteiger partial charge in [0, 0.05) is 72.8 Å². The third kappa shape index (κ3) is 20.4. The Morgan fingerprint density at radius 3 is 1.52 bits per heavy atom. The van der Waals surface area contributed by atoms with Crippen molar-refractivity contribution in [3.8, 4) is 0 Å². The second-order valence-corrected chi connectivity index (χ2v) is 21.2. The first-order chi connectivity index (χ1) is 29.8. The van der Waals surface area contributed by atoms with E-state index in [9.17, 15) is 19.2 Å². The molecule has 0 radical (unpaired) electrons. The lowest BCUT2D eigenvalue weighted by molar-refractivity contribution is -0.121. The minimum absolute atomic E-state index is 0.0453. The van der Waals surface area contributed by atoms with Gasteiger partial charge in [-0.05, 0) is 127 Å². The Balaban J connectivity index is 0.000000335. The number of carbonyl (C=O) groups excluding carboxylic acids is 4. The smallest absolute Gasteiger partial charge is 0.408 e. The second-order valence-electron chi connectivity index (χ2n) is 16.1. The van der Waals surface area contributed by atoms with Crippen LogP contribution in [0.5, 0.6) is 0 Å². The summed E-state index contributed by atoms with van der Waals surface area (Å²) in [5, 5.41) is 23.7. The molecule has 2 heterocycles. The third-order valence-electron chi connectivity index (χ3n) is 9.49. The molecule has 0 aliphatic carbocycles. The molecule has 2 aromatic rings. The van der Waals surface area contributed by atoms with Crippen LogP contribution in [0.2, 0.25) is 0 Å². The lowest BCUT2D eigenvalue weighted by atomic mass is 9.73. The van der Waals surface area contributed by atoms with Crippen molar-refractivity contribution in [3.63, 3.8) is 0 Å². The predicted octanol–water partition coefficient (Wildman–Crippen LogP) is 6.28. The lowest BCUT2D eigenvalue weighted by Crippen LogP contribution is -2.56. The van der Waals surface area contributed by atoms with Gasteiger partial charge < -0.3 is 50.3 Å². The van der Waals surface area contributed by atoms with Crippen molar-refractivity contribution >= 4 is 133 Å². The van der Waals surface area contributed by atoms with E-state index in [1.54, 1.807) is 12.1 Å². The first-order valence-electron chi connectivity index (χ1n) is 20.8. The minimum Gasteiger partial charge on any atom is -0.408 e. The largest absolute Gasteiger partial charge is 0.481 e. The van der Waals surface area contributed by atoms with Gasteiger partial charge in [0.05, 0.1) is 54.9 Å². The Morgan fingerprint density at radius 2 is 1.13 bits per heavy atom. The van der Waals surface area contributed by atoms with Crippen molar-refractivity contribution in [2.45, 2.75) is 78.5 Å². The van der Waals surface area contributed by atoms with E-state index in [1.807, 2.05) is 26.0 Å². The number of hydrogen-bond donors (Lipinski definition) is 6. The monoisotopic (exact) mass is 1260 g/mol. The average Bonchev–Trinajstić information content (AvgIpc) is 3.18. The zero-order valence-corrected chi connectivity index (χ0v) is 45.9. The quantitative estimate of drug-likeness (QED) is 0.0821. The van der Waals surface area contributed by atoms with Crippen LogP contribution in [0, 0.1) is 11.8 Å². The van der Waals surface area contributed by atoms with Gasteiger partial charge in [0.15, 0.2) is 0 Å². The number of rotatable bonds is 16. The Labute approximate surface area is 422 Å². The van der Waals surface area contributed by atoms with Crippen LogP contribution in [0.25, 0.3) is 0 Å². The van der Waals surface area contributed by atoms with Crippen LogP contribution in [-0.2, 0) is 28.2 Å². The molecule has 2 fully saturated rings. The van der Waals surface area contributed by atoms with Crippen LogP contribution in [-0.4, -0.2) is 138 Å². The Morgan fingerprint density at radius 1 is 0.714 bits per heavy atom. The van der Waals surface area contributed by atoms with E-state index >= 15 is 0 Å². The molecule has 2 unspecified atom stereocenters. The molecule has 2 aliphatic rings. The van der Waals surface area contributed by atoms with Crippen LogP contribution in [0.4, 0.5) is 0 Å². The Kier molecular flexibility index (Phi) is 26.0. The number of aliphatic hydroxyl groups is 1. The van der Waals surface area contributed by atoms with Crippen molar-refractivity contribution < 1.29 is 42.9 Å². The van der Waals surface area contributed by atoms with E-state index in [0.29, 0.717) is 77.6 Å². The van der Waals surface area contributed by atoms with Crippen molar-refractivity contribution in [2.24, 2.45) is 11.8 Å². The van der Waals surface area contributed by atoms with Crippen molar-refractivity contribution in [1.82, 2.24) is 31.5 Å². The van der Waals surface area contributed by atoms with E-state index in [0.717, 1.165) is 31.0 Å². The molecule has 6 N–H and O–H groups in total. The van der Waals surface area contributed by atoms with Gasteiger partial charge in [-0.25, -0.2) is 0 Å². The molecule has 2 saturated heterocycles. The van der Waals surface area contributed by atoms with Gasteiger partial charge in [0.25, 0.3) is 11.8 Å². The first-order valence-corrected chi connectivity index (χ1v) is 25.6. The molecule has 4 amide bonds. The maximum absolute atomic E-state index is 12.7. The van der Waals surface area contributed by atoms with Crippen molar-refractivity contribution in [1.29, 1.82) is 0 Å². The van der Waals surface area contributed by atoms with Crippen LogP contribution < -0.4 is 26.6 Å². The predicted molar refractivity (Wildman–Crippen MR) is 267 cm³/mol. The standard InChI is InChI=1S/C20H29BBr3N3O5.C20H29BBr3N3O4/c1-13(2)9-17(21-31-7-4-27(3-6-28)5-8-32-21)26-18(29)12-25-20(30)15-10-14(22)11-16(23)19(15)24;1-11(2)5-17(21-30-12(3)8-25-9-13(4)31-21)27-18(28)10-26-20(29)15-6-14(22)7-16(23)19(15)24/h10-11,13,17,28H,3-9,12H2,1-2H3,(H,25,30)(H,26,29);6-7,11-13,17,25H,5,8-10H2,1-4H3,(H,26,29)(H,27,28)/t17-;12?,13?,17-/m00/s1. The second kappa shape index (κ2) is 29.1. The van der Waals surface area contributed by atoms with Gasteiger partial charge in [-0.2, -0.15) is 0 Å². The highest BCUT2D eigenvalue weighted by Gasteiger charge is 2.37. The molecular weight excluding hydrogens is 1210 g/mol. The summed E-state index contributed by atoms with van der Waals surface area (Å²) < 4.78 is 28.1. The summed E-state index contributed by atoms with van der Waals surface area (Å²) in [4.78, 5) is 52.5. The lowest BCUT2D eigenvalue weighted by Gasteiger charge is -2.32. The summed E-state index contributed by atoms with van der Waals surface area (Å²) in [7, 11) is -1.12. The van der Waals surface area contributed by atoms with Gasteiger partial charge in [-0.3, -0.25) is 24.1 Å². The van der Waals surface area contributed by atoms with Crippen molar-refractivity contribution in [3.05, 3.63) is 62.2 Å². The number of nitrogens with zero attached hydrogens (tertiary/aromatic N) is 1. The average molecular weight is 1270 g/mol. The number of halogens is 6. The molecule has 2 aromatic carbocycles. The third-order valence-corrected chi connectivity index (χ3v) is 14.4. The molecule has 2 aliphatic heterocycles. The fourth-order valence-corrected chi connectivity index (χ4v) is 9.85. The van der Waals surface area contributed by atoms with Crippen LogP contribution >= 0.6 is 95.6 Å². The van der Waals surface area contributed by atoms with Crippen LogP contribution in [0.15, 0.2) is 51.1 Å². The number of amides is 4. The van der Waals surface area contributed by atoms with Gasteiger partial charge in [-0.1, -0.05) is 59.6 Å². The molecular formula is C40H58B2Br6N6O9. The number of nitrogens with one attached hydrogen (secondary N) is 5. The van der Waals surface area contributed by atoms with Gasteiger partial charge in [0.2, 0.25) is 11.8 Å². The fourth-order valence-electron chi connectivity index (χ4n) is 6.58. The van der Waals surface area contributed by atoms with Crippen LogP contribution in [0.3, 0.4) is 0 Å². The molecule has 350 valence electrons. The summed E-state index contributed by atoms with van der Waals surface area (Å²) in [6, 6.07) is 7.02. The van der Waals surface area contributed by atoms with Crippen LogP contribution in [0.1, 0.15) is 75.1 Å². The maximum Gasteiger partial charge on any atom is 0.481 e. The number of aliphatic hydroxyl groups excluding tert-OH is 1. The Hall–Kier alpha value is -0.950. The molecule has 0 saturated carbocycles. The SMILES string of the molecule is CC(C)C[C@H](NC(=O)CNC(=O)c1cc(Br)cc(Br)c1Br)B1OC(C)CNCC(C)O1.CC(C)C[C@H](NC(=O)CNC(=O)c1cc(Br)cc(Br)c1Br)B1OCCN(CCO)CCO1. The molecule has 23 heteroatoms. The number of β-amino-alcohol motifs (C(OH)–C–C–N with tert-alkyl or cyclic N) is 1. The highest BCUT2D eigenvalue weighted by molar-refractivity contribution is 9.13. The Bertz CT molecular complexity index is 1800. The summed E-state index contributed by atoms with van der Waals surface area (Å²) >= 11 is 20.3.